The molecule has 0 aromatic carbocycles. The number of piperazine rings is 1. The van der Waals surface area contributed by atoms with E-state index in [0.717, 1.165) is 13.1 Å². The van der Waals surface area contributed by atoms with E-state index in [1.54, 1.807) is 0 Å². The lowest BCUT2D eigenvalue weighted by Crippen LogP contribution is -2.45. The van der Waals surface area contributed by atoms with Gasteiger partial charge in [-0.2, -0.15) is 0 Å². The van der Waals surface area contributed by atoms with Crippen LogP contribution >= 0.6 is 0 Å². The Morgan fingerprint density at radius 3 is 2.80 bits per heavy atom. The van der Waals surface area contributed by atoms with Crippen LogP contribution in [0.4, 0.5) is 0 Å². The molecule has 1 rings (SSSR count). The van der Waals surface area contributed by atoms with Crippen molar-refractivity contribution in [3.8, 4) is 0 Å². The smallest absolute Gasteiger partial charge is 0.174 e. The quantitative estimate of drug-likeness (QED) is 0.513. The van der Waals surface area contributed by atoms with Gasteiger partial charge in [0.2, 0.25) is 0 Å². The predicted molar refractivity (Wildman–Crippen MR) is 44.9 cm³/mol. The summed E-state index contributed by atoms with van der Waals surface area (Å²) in [6.45, 7) is 4.71. The lowest BCUT2D eigenvalue weighted by atomic mass is 10.4. The van der Waals surface area contributed by atoms with Crippen LogP contribution in [0.15, 0.2) is 0 Å². The van der Waals surface area contributed by atoms with Crippen molar-refractivity contribution >= 4 is 9.76 Å². The molecule has 1 aliphatic rings. The van der Waals surface area contributed by atoms with Crippen molar-refractivity contribution in [1.29, 1.82) is 0 Å². The molecule has 0 atom stereocenters. The number of nitrogens with one attached hydrogen (secondary N) is 1. The first-order valence-corrected chi connectivity index (χ1v) is 5.43. The maximum Gasteiger partial charge on any atom is 0.174 e. The van der Waals surface area contributed by atoms with Crippen molar-refractivity contribution < 1.29 is 4.43 Å². The minimum absolute atomic E-state index is 0.225. The van der Waals surface area contributed by atoms with Crippen LogP contribution in [0.25, 0.3) is 0 Å². The highest BCUT2D eigenvalue weighted by molar-refractivity contribution is 6.27. The molecule has 0 amide bonds. The van der Waals surface area contributed by atoms with E-state index in [9.17, 15) is 0 Å². The van der Waals surface area contributed by atoms with E-state index in [0.29, 0.717) is 0 Å². The third-order valence-corrected chi connectivity index (χ3v) is 3.04. The molecule has 1 heterocycles. The van der Waals surface area contributed by atoms with Gasteiger partial charge in [-0.3, -0.25) is 0 Å². The maximum absolute atomic E-state index is 5.12. The van der Waals surface area contributed by atoms with Crippen LogP contribution in [0.3, 0.4) is 0 Å². The summed E-state index contributed by atoms with van der Waals surface area (Å²) < 4.78 is 5.12. The topological polar surface area (TPSA) is 24.5 Å². The summed E-state index contributed by atoms with van der Waals surface area (Å²) in [6.07, 6.45) is 1.22. The molecular weight excluding hydrogens is 144 g/mol. The Kier molecular flexibility index (Phi) is 3.97. The zero-order chi connectivity index (χ0) is 7.23. The third-order valence-electron chi connectivity index (χ3n) is 1.82. The fourth-order valence-electron chi connectivity index (χ4n) is 1.16. The molecule has 0 spiro atoms. The average molecular weight is 160 g/mol. The number of rotatable bonds is 3. The summed E-state index contributed by atoms with van der Waals surface area (Å²) in [5.74, 6) is 0. The molecule has 10 heavy (non-hydrogen) atoms. The van der Waals surface area contributed by atoms with Gasteiger partial charge in [0.05, 0.1) is 0 Å². The van der Waals surface area contributed by atoms with Crippen molar-refractivity contribution in [3.63, 3.8) is 0 Å². The van der Waals surface area contributed by atoms with E-state index < -0.39 is 0 Å². The largest absolute Gasteiger partial charge is 0.426 e. The number of nitrogens with zero attached hydrogens (tertiary/aromatic N) is 1. The summed E-state index contributed by atoms with van der Waals surface area (Å²) in [6, 6.07) is 0. The molecule has 0 bridgehead atoms. The van der Waals surface area contributed by atoms with Gasteiger partial charge in [-0.1, -0.05) is 0 Å². The zero-order valence-electron chi connectivity index (χ0n) is 6.60. The summed E-state index contributed by atoms with van der Waals surface area (Å²) in [4.78, 5) is 2.48. The summed E-state index contributed by atoms with van der Waals surface area (Å²) in [7, 11) is 1.59. The van der Waals surface area contributed by atoms with Crippen LogP contribution in [0.2, 0.25) is 0 Å². The third kappa shape index (κ3) is 2.79. The highest BCUT2D eigenvalue weighted by Gasteiger charge is 2.07. The van der Waals surface area contributed by atoms with Gasteiger partial charge in [-0.25, -0.2) is 0 Å². The number of hydrogen-bond acceptors (Lipinski definition) is 3. The molecule has 0 radical (unpaired) electrons. The van der Waals surface area contributed by atoms with Crippen molar-refractivity contribution in [3.05, 3.63) is 0 Å². The van der Waals surface area contributed by atoms with E-state index in [4.69, 9.17) is 4.43 Å². The van der Waals surface area contributed by atoms with Crippen LogP contribution < -0.4 is 5.32 Å². The first-order chi connectivity index (χ1) is 4.93. The molecule has 0 unspecified atom stereocenters. The van der Waals surface area contributed by atoms with Crippen molar-refractivity contribution in [2.24, 2.45) is 0 Å². The molecule has 0 aromatic heterocycles. The molecule has 60 valence electrons. The molecule has 1 aliphatic heterocycles. The second-order valence-electron chi connectivity index (χ2n) is 2.58. The first-order valence-electron chi connectivity index (χ1n) is 3.85. The van der Waals surface area contributed by atoms with Crippen LogP contribution in [-0.2, 0) is 4.43 Å². The lowest BCUT2D eigenvalue weighted by Gasteiger charge is -2.26. The fraction of sp³-hybridized carbons (Fsp3) is 1.00. The van der Waals surface area contributed by atoms with Gasteiger partial charge >= 0.3 is 0 Å². The molecule has 3 nitrogen and oxygen atoms in total. The van der Waals surface area contributed by atoms with E-state index >= 15 is 0 Å². The van der Waals surface area contributed by atoms with Gasteiger partial charge in [-0.15, -0.1) is 0 Å². The maximum atomic E-state index is 5.12. The first kappa shape index (κ1) is 8.20. The van der Waals surface area contributed by atoms with Gasteiger partial charge in [0.15, 0.2) is 9.76 Å². The Hall–Kier alpha value is 0.0969. The standard InChI is InChI=1S/C6H16N2OSi/c1-9-10-6-8-4-2-7-3-5-8/h7H,2-6,10H2,1H3. The normalized spacial score (nSPS) is 22.5. The fourth-order valence-corrected chi connectivity index (χ4v) is 2.04. The van der Waals surface area contributed by atoms with E-state index in [-0.39, 0.29) is 9.76 Å². The Balaban J connectivity index is 2.02. The second-order valence-corrected chi connectivity index (χ2v) is 4.02. The minimum Gasteiger partial charge on any atom is -0.426 e. The molecule has 1 fully saturated rings. The molecule has 0 aromatic rings. The molecule has 0 aliphatic carbocycles. The predicted octanol–water partition coefficient (Wildman–Crippen LogP) is -1.42. The Morgan fingerprint density at radius 1 is 1.50 bits per heavy atom. The van der Waals surface area contributed by atoms with Crippen LogP contribution in [-0.4, -0.2) is 54.1 Å². The van der Waals surface area contributed by atoms with E-state index in [2.05, 4.69) is 10.2 Å². The lowest BCUT2D eigenvalue weighted by molar-refractivity contribution is 0.265. The summed E-state index contributed by atoms with van der Waals surface area (Å²) in [5, 5.41) is 3.32. The van der Waals surface area contributed by atoms with Crippen LogP contribution in [0, 0.1) is 0 Å². The molecule has 1 N–H and O–H groups in total. The minimum atomic E-state index is -0.225. The Labute approximate surface area is 64.7 Å². The van der Waals surface area contributed by atoms with Crippen molar-refractivity contribution in [2.75, 3.05) is 39.5 Å². The van der Waals surface area contributed by atoms with Crippen LogP contribution in [0.1, 0.15) is 0 Å². The van der Waals surface area contributed by atoms with Crippen molar-refractivity contribution in [1.82, 2.24) is 10.2 Å². The second kappa shape index (κ2) is 4.84. The molecule has 1 saturated heterocycles. The van der Waals surface area contributed by atoms with Gasteiger partial charge in [0, 0.05) is 39.5 Å². The molecule has 0 saturated carbocycles. The summed E-state index contributed by atoms with van der Waals surface area (Å²) >= 11 is 0. The monoisotopic (exact) mass is 160 g/mol. The Morgan fingerprint density at radius 2 is 2.20 bits per heavy atom. The Bertz CT molecular complexity index is 85.8. The van der Waals surface area contributed by atoms with E-state index in [1.807, 2.05) is 7.11 Å². The highest BCUT2D eigenvalue weighted by Crippen LogP contribution is 1.89. The molecule has 4 heteroatoms. The van der Waals surface area contributed by atoms with Crippen LogP contribution in [0.5, 0.6) is 0 Å². The number of hydrogen-bond donors (Lipinski definition) is 1. The van der Waals surface area contributed by atoms with Gasteiger partial charge in [-0.05, 0) is 0 Å². The highest BCUT2D eigenvalue weighted by atomic mass is 28.2. The van der Waals surface area contributed by atoms with Gasteiger partial charge < -0.3 is 14.6 Å². The zero-order valence-corrected chi connectivity index (χ0v) is 8.01. The SMILES string of the molecule is CO[SiH2]CN1CCNCC1. The van der Waals surface area contributed by atoms with Gasteiger partial charge in [0.25, 0.3) is 0 Å². The van der Waals surface area contributed by atoms with Crippen molar-refractivity contribution in [2.45, 2.75) is 0 Å². The summed E-state index contributed by atoms with van der Waals surface area (Å²) in [5.41, 5.74) is 0. The average Bonchev–Trinajstić information content (AvgIpc) is 2.03. The van der Waals surface area contributed by atoms with E-state index in [1.165, 1.54) is 19.3 Å². The van der Waals surface area contributed by atoms with Gasteiger partial charge in [0.1, 0.15) is 0 Å². The molecular formula is C6H16N2OSi.